The minimum atomic E-state index is -0.340. The molecule has 2 aromatic rings. The highest BCUT2D eigenvalue weighted by atomic mass is 35.5. The number of nitrogens with zero attached hydrogens (tertiary/aromatic N) is 5. The van der Waals surface area contributed by atoms with E-state index in [9.17, 15) is 4.79 Å². The van der Waals surface area contributed by atoms with Crippen LogP contribution in [0.5, 0.6) is 0 Å². The van der Waals surface area contributed by atoms with Crippen LogP contribution in [0.15, 0.2) is 24.7 Å². The van der Waals surface area contributed by atoms with E-state index in [0.717, 1.165) is 19.4 Å². The third kappa shape index (κ3) is 5.82. The van der Waals surface area contributed by atoms with Crippen molar-refractivity contribution in [1.29, 1.82) is 0 Å². The number of hydrogen-bond acceptors (Lipinski definition) is 7. The largest absolute Gasteiger partial charge is 0.352 e. The predicted molar refractivity (Wildman–Crippen MR) is 98.1 cm³/mol. The maximum Gasteiger partial charge on any atom is 0.271 e. The molecule has 8 nitrogen and oxygen atoms in total. The number of anilines is 2. The van der Waals surface area contributed by atoms with Crippen LogP contribution in [0, 0.1) is 0 Å². The van der Waals surface area contributed by atoms with Gasteiger partial charge in [-0.1, -0.05) is 24.9 Å². The predicted octanol–water partition coefficient (Wildman–Crippen LogP) is 2.00. The zero-order valence-corrected chi connectivity index (χ0v) is 15.1. The second kappa shape index (κ2) is 9.73. The normalized spacial score (nSPS) is 10.4. The Bertz CT molecular complexity index is 683. The quantitative estimate of drug-likeness (QED) is 0.658. The molecule has 0 aliphatic heterocycles. The van der Waals surface area contributed by atoms with Crippen molar-refractivity contribution in [2.75, 3.05) is 36.9 Å². The van der Waals surface area contributed by atoms with Crippen LogP contribution in [0.4, 0.5) is 11.9 Å². The van der Waals surface area contributed by atoms with Crippen molar-refractivity contribution in [2.45, 2.75) is 19.8 Å². The molecule has 0 fully saturated rings. The van der Waals surface area contributed by atoms with Gasteiger partial charge in [0.25, 0.3) is 5.91 Å². The van der Waals surface area contributed by atoms with Gasteiger partial charge in [0.1, 0.15) is 0 Å². The molecule has 0 saturated heterocycles. The SMILES string of the molecule is CCCCN(C)c1ncc(Cl)c(C(=O)NCCNc2ncccn2)n1. The number of halogens is 1. The zero-order valence-electron chi connectivity index (χ0n) is 14.4. The molecule has 134 valence electrons. The Hall–Kier alpha value is -2.48. The van der Waals surface area contributed by atoms with Crippen molar-refractivity contribution in [2.24, 2.45) is 0 Å². The summed E-state index contributed by atoms with van der Waals surface area (Å²) in [5.74, 6) is 0.656. The fourth-order valence-corrected chi connectivity index (χ4v) is 2.20. The summed E-state index contributed by atoms with van der Waals surface area (Å²) in [5.41, 5.74) is 0.172. The van der Waals surface area contributed by atoms with E-state index in [1.165, 1.54) is 6.20 Å². The number of rotatable bonds is 9. The smallest absolute Gasteiger partial charge is 0.271 e. The van der Waals surface area contributed by atoms with Crippen molar-refractivity contribution in [1.82, 2.24) is 25.3 Å². The molecule has 1 amide bonds. The number of unbranched alkanes of at least 4 members (excludes halogenated alkanes) is 1. The van der Waals surface area contributed by atoms with E-state index in [0.29, 0.717) is 25.0 Å². The highest BCUT2D eigenvalue weighted by molar-refractivity contribution is 6.33. The van der Waals surface area contributed by atoms with Crippen LogP contribution in [-0.2, 0) is 0 Å². The summed E-state index contributed by atoms with van der Waals surface area (Å²) < 4.78 is 0. The Labute approximate surface area is 152 Å². The number of carbonyl (C=O) groups excluding carboxylic acids is 1. The number of carbonyl (C=O) groups is 1. The first-order chi connectivity index (χ1) is 12.1. The molecule has 0 saturated carbocycles. The second-order valence-electron chi connectivity index (χ2n) is 5.40. The summed E-state index contributed by atoms with van der Waals surface area (Å²) >= 11 is 6.07. The molecule has 0 unspecified atom stereocenters. The van der Waals surface area contributed by atoms with Crippen LogP contribution >= 0.6 is 11.6 Å². The number of nitrogens with one attached hydrogen (secondary N) is 2. The first kappa shape index (κ1) is 18.9. The average Bonchev–Trinajstić information content (AvgIpc) is 2.64. The lowest BCUT2D eigenvalue weighted by molar-refractivity contribution is 0.0950. The van der Waals surface area contributed by atoms with Crippen molar-refractivity contribution in [3.05, 3.63) is 35.4 Å². The molecular weight excluding hydrogens is 342 g/mol. The molecular formula is C16H22ClN7O. The highest BCUT2D eigenvalue weighted by Gasteiger charge is 2.15. The molecule has 2 N–H and O–H groups in total. The summed E-state index contributed by atoms with van der Waals surface area (Å²) in [6.45, 7) is 3.81. The lowest BCUT2D eigenvalue weighted by Crippen LogP contribution is -2.31. The van der Waals surface area contributed by atoms with Crippen LogP contribution in [-0.4, -0.2) is 52.5 Å². The van der Waals surface area contributed by atoms with Gasteiger partial charge in [0.2, 0.25) is 11.9 Å². The van der Waals surface area contributed by atoms with Crippen LogP contribution in [0.2, 0.25) is 5.02 Å². The Kier molecular flexibility index (Phi) is 7.34. The standard InChI is InChI=1S/C16H22ClN7O/c1-3-4-10-24(2)16-22-11-12(17)13(23-16)14(25)18-8-9-21-15-19-6-5-7-20-15/h5-7,11H,3-4,8-10H2,1-2H3,(H,18,25)(H,19,20,21). The van der Waals surface area contributed by atoms with Crippen molar-refractivity contribution in [3.8, 4) is 0 Å². The Morgan fingerprint density at radius 2 is 2.00 bits per heavy atom. The minimum absolute atomic E-state index is 0.172. The third-order valence-corrected chi connectivity index (χ3v) is 3.67. The number of aromatic nitrogens is 4. The minimum Gasteiger partial charge on any atom is -0.352 e. The first-order valence-corrected chi connectivity index (χ1v) is 8.52. The summed E-state index contributed by atoms with van der Waals surface area (Å²) in [4.78, 5) is 30.8. The van der Waals surface area contributed by atoms with E-state index in [2.05, 4.69) is 37.5 Å². The lowest BCUT2D eigenvalue weighted by Gasteiger charge is -2.17. The summed E-state index contributed by atoms with van der Waals surface area (Å²) in [6.07, 6.45) is 6.84. The number of amides is 1. The van der Waals surface area contributed by atoms with Gasteiger partial charge >= 0.3 is 0 Å². The molecule has 0 aliphatic carbocycles. The molecule has 25 heavy (non-hydrogen) atoms. The fourth-order valence-electron chi connectivity index (χ4n) is 2.02. The van der Waals surface area contributed by atoms with Crippen molar-refractivity contribution in [3.63, 3.8) is 0 Å². The molecule has 0 bridgehead atoms. The average molecular weight is 364 g/mol. The molecule has 0 atom stereocenters. The summed E-state index contributed by atoms with van der Waals surface area (Å²) in [5, 5.41) is 6.00. The second-order valence-corrected chi connectivity index (χ2v) is 5.80. The van der Waals surface area contributed by atoms with Crippen LogP contribution in [0.25, 0.3) is 0 Å². The maximum atomic E-state index is 12.3. The van der Waals surface area contributed by atoms with Gasteiger partial charge in [0.15, 0.2) is 5.69 Å². The van der Waals surface area contributed by atoms with Crippen LogP contribution < -0.4 is 15.5 Å². The Morgan fingerprint density at radius 3 is 2.72 bits per heavy atom. The van der Waals surface area contributed by atoms with E-state index >= 15 is 0 Å². The van der Waals surface area contributed by atoms with E-state index in [4.69, 9.17) is 11.6 Å². The zero-order chi connectivity index (χ0) is 18.1. The molecule has 0 aliphatic rings. The molecule has 0 aromatic carbocycles. The van der Waals surface area contributed by atoms with Crippen LogP contribution in [0.1, 0.15) is 30.3 Å². The van der Waals surface area contributed by atoms with Gasteiger partial charge in [-0.3, -0.25) is 4.79 Å². The van der Waals surface area contributed by atoms with Crippen molar-refractivity contribution >= 4 is 29.4 Å². The Balaban J connectivity index is 1.89. The number of hydrogen-bond donors (Lipinski definition) is 2. The third-order valence-electron chi connectivity index (χ3n) is 3.39. The van der Waals surface area contributed by atoms with Gasteiger partial charge < -0.3 is 15.5 Å². The molecule has 2 aromatic heterocycles. The van der Waals surface area contributed by atoms with Crippen molar-refractivity contribution < 1.29 is 4.79 Å². The van der Waals surface area contributed by atoms with Gasteiger partial charge in [0.05, 0.1) is 11.2 Å². The molecule has 0 spiro atoms. The van der Waals surface area contributed by atoms with E-state index in [-0.39, 0.29) is 16.6 Å². The van der Waals surface area contributed by atoms with E-state index in [1.807, 2.05) is 11.9 Å². The topological polar surface area (TPSA) is 95.9 Å². The van der Waals surface area contributed by atoms with Gasteiger partial charge in [-0.2, -0.15) is 0 Å². The summed E-state index contributed by atoms with van der Waals surface area (Å²) in [7, 11) is 1.89. The van der Waals surface area contributed by atoms with E-state index in [1.54, 1.807) is 18.5 Å². The van der Waals surface area contributed by atoms with Gasteiger partial charge in [-0.25, -0.2) is 19.9 Å². The fraction of sp³-hybridized carbons (Fsp3) is 0.438. The summed E-state index contributed by atoms with van der Waals surface area (Å²) in [6, 6.07) is 1.74. The molecule has 2 heterocycles. The van der Waals surface area contributed by atoms with Gasteiger partial charge in [0, 0.05) is 39.1 Å². The highest BCUT2D eigenvalue weighted by Crippen LogP contribution is 2.16. The molecule has 2 rings (SSSR count). The first-order valence-electron chi connectivity index (χ1n) is 8.14. The van der Waals surface area contributed by atoms with E-state index < -0.39 is 0 Å². The van der Waals surface area contributed by atoms with Gasteiger partial charge in [-0.15, -0.1) is 0 Å². The maximum absolute atomic E-state index is 12.3. The molecule has 0 radical (unpaired) electrons. The monoisotopic (exact) mass is 363 g/mol. The van der Waals surface area contributed by atoms with Gasteiger partial charge in [-0.05, 0) is 12.5 Å². The lowest BCUT2D eigenvalue weighted by atomic mass is 10.3. The Morgan fingerprint density at radius 1 is 1.24 bits per heavy atom. The molecule has 9 heteroatoms. The van der Waals surface area contributed by atoms with Crippen LogP contribution in [0.3, 0.4) is 0 Å².